The maximum Gasteiger partial charge on any atom is 0.187 e. The topological polar surface area (TPSA) is 486 Å². The molecule has 6 rings (SSSR count). The number of hydrogen-bond donors (Lipinski definition) is 19. The molecule has 392 valence electrons. The van der Waals surface area contributed by atoms with E-state index in [1.165, 1.54) is 6.92 Å². The Morgan fingerprint density at radius 2 is 0.552 bits per heavy atom. The van der Waals surface area contributed by atoms with Crippen LogP contribution in [0.3, 0.4) is 0 Å². The minimum absolute atomic E-state index is 0.630. The maximum atomic E-state index is 11.6. The molecule has 29 unspecified atom stereocenters. The molecule has 0 bridgehead atoms. The summed E-state index contributed by atoms with van der Waals surface area (Å²) in [6.07, 6.45) is -54.7. The Morgan fingerprint density at radius 3 is 0.925 bits per heavy atom. The molecule has 19 N–H and O–H groups in total. The third-order valence-electron chi connectivity index (χ3n) is 12.7. The summed E-state index contributed by atoms with van der Waals surface area (Å²) in [5.74, 6) is 0. The van der Waals surface area contributed by atoms with Crippen LogP contribution in [0.4, 0.5) is 0 Å². The van der Waals surface area contributed by atoms with Crippen molar-refractivity contribution in [3.63, 3.8) is 0 Å². The van der Waals surface area contributed by atoms with Crippen LogP contribution >= 0.6 is 0 Å². The van der Waals surface area contributed by atoms with Crippen LogP contribution in [-0.4, -0.2) is 321 Å². The first-order valence-electron chi connectivity index (χ1n) is 21.5. The molecular formula is C37H64O30. The smallest absolute Gasteiger partial charge is 0.187 e. The van der Waals surface area contributed by atoms with E-state index in [0.717, 1.165) is 0 Å². The maximum absolute atomic E-state index is 11.6. The zero-order valence-electron chi connectivity index (χ0n) is 35.6. The molecule has 6 aliphatic heterocycles. The van der Waals surface area contributed by atoms with Crippen LogP contribution in [0.2, 0.25) is 0 Å². The Kier molecular flexibility index (Phi) is 19.4. The van der Waals surface area contributed by atoms with Gasteiger partial charge in [-0.05, 0) is 6.92 Å². The summed E-state index contributed by atoms with van der Waals surface area (Å²) in [5.41, 5.74) is 0. The average molecular weight is 989 g/mol. The molecule has 30 heteroatoms. The lowest BCUT2D eigenvalue weighted by atomic mass is 9.94. The van der Waals surface area contributed by atoms with Crippen LogP contribution in [-0.2, 0) is 52.1 Å². The molecule has 0 aliphatic carbocycles. The number of aliphatic hydroxyl groups excluding tert-OH is 19. The molecule has 67 heavy (non-hydrogen) atoms. The van der Waals surface area contributed by atoms with Crippen molar-refractivity contribution in [1.29, 1.82) is 0 Å². The number of rotatable bonds is 16. The van der Waals surface area contributed by atoms with Crippen molar-refractivity contribution in [2.75, 3.05) is 39.6 Å². The molecule has 6 heterocycles. The van der Waals surface area contributed by atoms with Gasteiger partial charge in [0.2, 0.25) is 0 Å². The predicted octanol–water partition coefficient (Wildman–Crippen LogP) is -13.0. The normalized spacial score (nSPS) is 53.4. The Hall–Kier alpha value is -1.20. The third kappa shape index (κ3) is 11.5. The van der Waals surface area contributed by atoms with Gasteiger partial charge in [-0.3, -0.25) is 0 Å². The van der Waals surface area contributed by atoms with Gasteiger partial charge < -0.3 is 149 Å². The SMILES string of the molecule is CC1OC(COC2OC(CO)C(O)C(O)C2O)C(O)C(OC2OC(CO)C(O)C(OC3OC(COC4OC(CO)C(O)C(O)C4O)[C@@H](O)C(OC4OC(CO)C(O)C(O)C4O)C3O)C2O)C1O. The number of aliphatic hydroxyl groups is 19. The summed E-state index contributed by atoms with van der Waals surface area (Å²) in [5, 5.41) is 200. The van der Waals surface area contributed by atoms with Gasteiger partial charge in [-0.25, -0.2) is 0 Å². The molecular weight excluding hydrogens is 924 g/mol. The van der Waals surface area contributed by atoms with E-state index in [9.17, 15) is 97.0 Å². The van der Waals surface area contributed by atoms with Gasteiger partial charge in [0.1, 0.15) is 146 Å². The molecule has 0 aromatic carbocycles. The highest BCUT2D eigenvalue weighted by atomic mass is 16.8. The highest BCUT2D eigenvalue weighted by Gasteiger charge is 2.56. The van der Waals surface area contributed by atoms with Crippen LogP contribution in [0.15, 0.2) is 0 Å². The Labute approximate surface area is 379 Å². The Bertz CT molecular complexity index is 1500. The van der Waals surface area contributed by atoms with Crippen molar-refractivity contribution in [3.05, 3.63) is 0 Å². The van der Waals surface area contributed by atoms with Gasteiger partial charge in [0, 0.05) is 0 Å². The fourth-order valence-corrected chi connectivity index (χ4v) is 8.49. The highest BCUT2D eigenvalue weighted by molar-refractivity contribution is 4.99. The lowest BCUT2D eigenvalue weighted by Crippen LogP contribution is -2.68. The first-order chi connectivity index (χ1) is 31.7. The molecule has 30 atom stereocenters. The molecule has 6 saturated heterocycles. The predicted molar refractivity (Wildman–Crippen MR) is 203 cm³/mol. The van der Waals surface area contributed by atoms with Gasteiger partial charge in [0.15, 0.2) is 31.5 Å². The van der Waals surface area contributed by atoms with E-state index >= 15 is 0 Å². The van der Waals surface area contributed by atoms with E-state index in [1.807, 2.05) is 0 Å². The minimum Gasteiger partial charge on any atom is -0.394 e. The van der Waals surface area contributed by atoms with Gasteiger partial charge in [-0.15, -0.1) is 0 Å². The van der Waals surface area contributed by atoms with Crippen LogP contribution in [0.25, 0.3) is 0 Å². The van der Waals surface area contributed by atoms with Gasteiger partial charge in [-0.2, -0.15) is 0 Å². The van der Waals surface area contributed by atoms with E-state index in [0.29, 0.717) is 0 Å². The summed E-state index contributed by atoms with van der Waals surface area (Å²) in [6.45, 7) is -3.65. The van der Waals surface area contributed by atoms with E-state index < -0.39 is 224 Å². The van der Waals surface area contributed by atoms with Crippen molar-refractivity contribution >= 4 is 0 Å². The van der Waals surface area contributed by atoms with Gasteiger partial charge in [0.05, 0.1) is 45.7 Å². The van der Waals surface area contributed by atoms with Gasteiger partial charge >= 0.3 is 0 Å². The van der Waals surface area contributed by atoms with Gasteiger partial charge in [-0.1, -0.05) is 0 Å². The van der Waals surface area contributed by atoms with Gasteiger partial charge in [0.25, 0.3) is 0 Å². The monoisotopic (exact) mass is 988 g/mol. The molecule has 30 nitrogen and oxygen atoms in total. The third-order valence-corrected chi connectivity index (χ3v) is 12.7. The molecule has 0 amide bonds. The summed E-state index contributed by atoms with van der Waals surface area (Å²) in [6, 6.07) is 0. The quantitative estimate of drug-likeness (QED) is 0.0683. The zero-order chi connectivity index (χ0) is 49.3. The largest absolute Gasteiger partial charge is 0.394 e. The molecule has 0 spiro atoms. The number of hydrogen-bond acceptors (Lipinski definition) is 30. The fraction of sp³-hybridized carbons (Fsp3) is 1.00. The van der Waals surface area contributed by atoms with Crippen LogP contribution in [0, 0.1) is 0 Å². The van der Waals surface area contributed by atoms with E-state index in [-0.39, 0.29) is 0 Å². The highest BCUT2D eigenvalue weighted by Crippen LogP contribution is 2.36. The lowest BCUT2D eigenvalue weighted by molar-refractivity contribution is -0.390. The molecule has 0 saturated carbocycles. The van der Waals surface area contributed by atoms with E-state index in [2.05, 4.69) is 0 Å². The van der Waals surface area contributed by atoms with Crippen molar-refractivity contribution in [1.82, 2.24) is 0 Å². The van der Waals surface area contributed by atoms with Crippen molar-refractivity contribution < 1.29 is 149 Å². The average Bonchev–Trinajstić information content (AvgIpc) is 3.31. The Morgan fingerprint density at radius 1 is 0.284 bits per heavy atom. The fourth-order valence-electron chi connectivity index (χ4n) is 8.49. The second-order valence-electron chi connectivity index (χ2n) is 17.2. The Balaban J connectivity index is 1.20. The first-order valence-corrected chi connectivity index (χ1v) is 21.5. The van der Waals surface area contributed by atoms with Crippen LogP contribution in [0.5, 0.6) is 0 Å². The summed E-state index contributed by atoms with van der Waals surface area (Å²) in [7, 11) is 0. The minimum atomic E-state index is -2.23. The number of ether oxygens (including phenoxy) is 11. The molecule has 6 fully saturated rings. The molecule has 0 radical (unpaired) electrons. The van der Waals surface area contributed by atoms with Crippen molar-refractivity contribution in [3.8, 4) is 0 Å². The zero-order valence-corrected chi connectivity index (χ0v) is 35.6. The standard InChI is InChI=1S/C37H64O30/c1-8-15(42)30(20(47)13(59-8)6-57-33-25(52)22(49)16(43)9(2-38)60-33)65-36-28(55)31(19(46)12(5-41)63-36)67-37-29(56)32(66-35-27(54)24(51)18(45)11(4-40)62-35)21(48)14(64-37)7-58-34-26(53)23(50)17(44)10(3-39)61-34/h8-56H,2-7H2,1H3/t8?,9?,10?,11?,12?,13?,14?,15?,16?,17?,18?,19?,20?,21-,22?,23?,24?,25?,26?,27?,28?,29?,30?,31?,32?,33?,34?,35?,36?,37?/m1/s1. The first kappa shape index (κ1) is 55.1. The van der Waals surface area contributed by atoms with Crippen LogP contribution < -0.4 is 0 Å². The van der Waals surface area contributed by atoms with Crippen molar-refractivity contribution in [2.45, 2.75) is 191 Å². The second-order valence-corrected chi connectivity index (χ2v) is 17.2. The van der Waals surface area contributed by atoms with Crippen LogP contribution in [0.1, 0.15) is 6.92 Å². The van der Waals surface area contributed by atoms with E-state index in [1.54, 1.807) is 0 Å². The van der Waals surface area contributed by atoms with E-state index in [4.69, 9.17) is 52.1 Å². The molecule has 6 aliphatic rings. The second kappa shape index (κ2) is 23.6. The van der Waals surface area contributed by atoms with Crippen molar-refractivity contribution in [2.24, 2.45) is 0 Å². The summed E-state index contributed by atoms with van der Waals surface area (Å²) < 4.78 is 61.5. The molecule has 0 aromatic rings. The molecule has 0 aromatic heterocycles. The summed E-state index contributed by atoms with van der Waals surface area (Å²) in [4.78, 5) is 0. The lowest BCUT2D eigenvalue weighted by Gasteiger charge is -2.49. The summed E-state index contributed by atoms with van der Waals surface area (Å²) >= 11 is 0.